The van der Waals surface area contributed by atoms with Crippen LogP contribution in [0.5, 0.6) is 0 Å². The lowest BCUT2D eigenvalue weighted by Crippen LogP contribution is -2.57. The molecule has 0 amide bonds. The molecule has 2 rings (SSSR count). The van der Waals surface area contributed by atoms with Crippen LogP contribution in [-0.2, 0) is 11.8 Å². The highest BCUT2D eigenvalue weighted by atomic mass is 32.1. The molecule has 3 nitrogen and oxygen atoms in total. The highest BCUT2D eigenvalue weighted by Gasteiger charge is 2.42. The Bertz CT molecular complexity index is 453. The van der Waals surface area contributed by atoms with E-state index in [1.54, 1.807) is 0 Å². The molecule has 1 N–H and O–H groups in total. The fourth-order valence-electron chi connectivity index (χ4n) is 3.58. The molecule has 4 heteroatoms. The molecule has 120 valence electrons. The van der Waals surface area contributed by atoms with Gasteiger partial charge in [0.15, 0.2) is 0 Å². The quantitative estimate of drug-likeness (QED) is 0.903. The number of rotatable bonds is 5. The third-order valence-corrected chi connectivity index (χ3v) is 5.93. The van der Waals surface area contributed by atoms with Crippen LogP contribution < -0.4 is 5.32 Å². The zero-order valence-corrected chi connectivity index (χ0v) is 15.3. The number of hydrogen-bond acceptors (Lipinski definition) is 4. The Kier molecular flexibility index (Phi) is 5.11. The van der Waals surface area contributed by atoms with E-state index in [1.165, 1.54) is 36.4 Å². The van der Waals surface area contributed by atoms with Gasteiger partial charge in [-0.1, -0.05) is 33.6 Å². The summed E-state index contributed by atoms with van der Waals surface area (Å²) in [6.45, 7) is 6.71. The molecular formula is C17H31N3S. The first-order valence-electron chi connectivity index (χ1n) is 8.09. The van der Waals surface area contributed by atoms with Gasteiger partial charge in [-0.05, 0) is 34.0 Å². The summed E-state index contributed by atoms with van der Waals surface area (Å²) >= 11 is 1.82. The van der Waals surface area contributed by atoms with E-state index in [4.69, 9.17) is 4.98 Å². The van der Waals surface area contributed by atoms with Gasteiger partial charge in [0, 0.05) is 28.8 Å². The van der Waals surface area contributed by atoms with Crippen molar-refractivity contribution in [1.82, 2.24) is 15.2 Å². The Morgan fingerprint density at radius 3 is 2.38 bits per heavy atom. The molecule has 1 unspecified atom stereocenters. The molecule has 1 aliphatic rings. The monoisotopic (exact) mass is 309 g/mol. The first-order valence-corrected chi connectivity index (χ1v) is 8.97. The Labute approximate surface area is 134 Å². The summed E-state index contributed by atoms with van der Waals surface area (Å²) in [6, 6.07) is 0.481. The Morgan fingerprint density at radius 2 is 1.95 bits per heavy atom. The van der Waals surface area contributed by atoms with Crippen molar-refractivity contribution in [2.75, 3.05) is 21.1 Å². The number of likely N-dealkylation sites (N-methyl/N-ethyl adjacent to an activating group) is 2. The Morgan fingerprint density at radius 1 is 1.33 bits per heavy atom. The van der Waals surface area contributed by atoms with Crippen LogP contribution in [-0.4, -0.2) is 42.6 Å². The highest BCUT2D eigenvalue weighted by Crippen LogP contribution is 2.38. The zero-order valence-electron chi connectivity index (χ0n) is 14.5. The molecule has 0 saturated heterocycles. The summed E-state index contributed by atoms with van der Waals surface area (Å²) < 4.78 is 0. The van der Waals surface area contributed by atoms with Crippen molar-refractivity contribution in [2.45, 2.75) is 69.9 Å². The van der Waals surface area contributed by atoms with Gasteiger partial charge in [0.1, 0.15) is 0 Å². The number of nitrogens with zero attached hydrogens (tertiary/aromatic N) is 2. The molecule has 1 aromatic rings. The number of thiazole rings is 1. The summed E-state index contributed by atoms with van der Waals surface area (Å²) in [4.78, 5) is 7.34. The van der Waals surface area contributed by atoms with E-state index >= 15 is 0 Å². The van der Waals surface area contributed by atoms with E-state index in [1.807, 2.05) is 11.3 Å². The molecule has 0 spiro atoms. The van der Waals surface area contributed by atoms with E-state index in [0.717, 1.165) is 6.42 Å². The van der Waals surface area contributed by atoms with Gasteiger partial charge in [0.2, 0.25) is 0 Å². The van der Waals surface area contributed by atoms with Crippen LogP contribution in [0.2, 0.25) is 0 Å². The number of nitrogens with one attached hydrogen (secondary N) is 1. The van der Waals surface area contributed by atoms with Gasteiger partial charge < -0.3 is 10.2 Å². The Hall–Kier alpha value is -0.450. The third kappa shape index (κ3) is 3.49. The summed E-state index contributed by atoms with van der Waals surface area (Å²) in [6.07, 6.45) is 6.32. The van der Waals surface area contributed by atoms with Crippen molar-refractivity contribution in [3.8, 4) is 0 Å². The molecule has 0 aromatic carbocycles. The molecule has 1 saturated carbocycles. The van der Waals surface area contributed by atoms with E-state index in [-0.39, 0.29) is 5.41 Å². The minimum absolute atomic E-state index is 0.149. The molecule has 1 fully saturated rings. The van der Waals surface area contributed by atoms with Crippen molar-refractivity contribution in [1.29, 1.82) is 0 Å². The second kappa shape index (κ2) is 6.35. The number of hydrogen-bond donors (Lipinski definition) is 1. The largest absolute Gasteiger partial charge is 0.315 e. The molecule has 1 aliphatic carbocycles. The van der Waals surface area contributed by atoms with Crippen molar-refractivity contribution >= 4 is 11.3 Å². The minimum Gasteiger partial charge on any atom is -0.315 e. The molecule has 1 heterocycles. The smallest absolute Gasteiger partial charge is 0.0944 e. The molecule has 0 radical (unpaired) electrons. The van der Waals surface area contributed by atoms with Crippen LogP contribution in [0.25, 0.3) is 0 Å². The van der Waals surface area contributed by atoms with E-state index in [2.05, 4.69) is 57.5 Å². The van der Waals surface area contributed by atoms with Crippen molar-refractivity contribution in [3.63, 3.8) is 0 Å². The van der Waals surface area contributed by atoms with Gasteiger partial charge in [-0.25, -0.2) is 4.98 Å². The maximum atomic E-state index is 4.89. The summed E-state index contributed by atoms with van der Waals surface area (Å²) in [5.41, 5.74) is 1.67. The fourth-order valence-corrected chi connectivity index (χ4v) is 4.65. The fraction of sp³-hybridized carbons (Fsp3) is 0.824. The average molecular weight is 310 g/mol. The van der Waals surface area contributed by atoms with Crippen molar-refractivity contribution < 1.29 is 0 Å². The second-order valence-electron chi connectivity index (χ2n) is 7.63. The lowest BCUT2D eigenvalue weighted by molar-refractivity contribution is 0.108. The van der Waals surface area contributed by atoms with Crippen LogP contribution in [0.1, 0.15) is 57.2 Å². The van der Waals surface area contributed by atoms with Gasteiger partial charge in [-0.15, -0.1) is 11.3 Å². The predicted molar refractivity (Wildman–Crippen MR) is 92.3 cm³/mol. The first-order chi connectivity index (χ1) is 9.79. The molecule has 0 aliphatic heterocycles. The lowest BCUT2D eigenvalue weighted by Gasteiger charge is -2.43. The van der Waals surface area contributed by atoms with Gasteiger partial charge in [-0.2, -0.15) is 0 Å². The van der Waals surface area contributed by atoms with Crippen LogP contribution in [0.3, 0.4) is 0 Å². The third-order valence-electron chi connectivity index (χ3n) is 5.06. The van der Waals surface area contributed by atoms with Crippen molar-refractivity contribution in [3.05, 3.63) is 16.1 Å². The first kappa shape index (κ1) is 16.9. The maximum absolute atomic E-state index is 4.89. The van der Waals surface area contributed by atoms with Gasteiger partial charge in [0.25, 0.3) is 0 Å². The van der Waals surface area contributed by atoms with Gasteiger partial charge in [0.05, 0.1) is 10.7 Å². The normalized spacial score (nSPS) is 20.1. The summed E-state index contributed by atoms with van der Waals surface area (Å²) in [5.74, 6) is 0. The molecule has 1 aromatic heterocycles. The second-order valence-corrected chi connectivity index (χ2v) is 8.57. The van der Waals surface area contributed by atoms with Gasteiger partial charge >= 0.3 is 0 Å². The number of aromatic nitrogens is 1. The minimum atomic E-state index is 0.149. The predicted octanol–water partition coefficient (Wildman–Crippen LogP) is 3.45. The van der Waals surface area contributed by atoms with E-state index in [9.17, 15) is 0 Å². The summed E-state index contributed by atoms with van der Waals surface area (Å²) in [5, 5.41) is 7.09. The van der Waals surface area contributed by atoms with Crippen LogP contribution >= 0.6 is 11.3 Å². The molecular weight excluding hydrogens is 278 g/mol. The average Bonchev–Trinajstić information content (AvgIpc) is 3.04. The SMILES string of the molecule is CNC(Cc1nc(C(C)(C)C)cs1)C1(N(C)C)CCCC1. The molecule has 1 atom stereocenters. The van der Waals surface area contributed by atoms with E-state index in [0.29, 0.717) is 11.6 Å². The zero-order chi connectivity index (χ0) is 15.7. The van der Waals surface area contributed by atoms with Crippen LogP contribution in [0.4, 0.5) is 0 Å². The standard InChI is InChI=1S/C17H31N3S/c1-16(2,3)14-12-21-15(19-14)11-13(18-4)17(20(5)6)9-7-8-10-17/h12-13,18H,7-11H2,1-6H3. The highest BCUT2D eigenvalue weighted by molar-refractivity contribution is 7.09. The van der Waals surface area contributed by atoms with Crippen molar-refractivity contribution in [2.24, 2.45) is 0 Å². The van der Waals surface area contributed by atoms with Crippen LogP contribution in [0.15, 0.2) is 5.38 Å². The maximum Gasteiger partial charge on any atom is 0.0944 e. The van der Waals surface area contributed by atoms with Crippen LogP contribution in [0, 0.1) is 0 Å². The topological polar surface area (TPSA) is 28.2 Å². The van der Waals surface area contributed by atoms with Gasteiger partial charge in [-0.3, -0.25) is 0 Å². The summed E-state index contributed by atoms with van der Waals surface area (Å²) in [7, 11) is 6.57. The molecule has 21 heavy (non-hydrogen) atoms. The Balaban J connectivity index is 2.17. The molecule has 0 bridgehead atoms. The lowest BCUT2D eigenvalue weighted by atomic mass is 9.85. The van der Waals surface area contributed by atoms with E-state index < -0.39 is 0 Å².